The number of allylic oxidation sites excluding steroid dienone is 2. The van der Waals surface area contributed by atoms with E-state index in [9.17, 15) is 4.79 Å². The lowest BCUT2D eigenvalue weighted by molar-refractivity contribution is -0.130. The van der Waals surface area contributed by atoms with E-state index in [2.05, 4.69) is 6.08 Å². The second kappa shape index (κ2) is 2.65. The van der Waals surface area contributed by atoms with Gasteiger partial charge in [0.1, 0.15) is 0 Å². The summed E-state index contributed by atoms with van der Waals surface area (Å²) in [5.74, 6) is 0.758. The van der Waals surface area contributed by atoms with Crippen molar-refractivity contribution in [3.63, 3.8) is 0 Å². The fraction of sp³-hybridized carbons (Fsp3) is 0.667. The van der Waals surface area contributed by atoms with Gasteiger partial charge in [-0.15, -0.1) is 0 Å². The maximum atomic E-state index is 11.6. The van der Waals surface area contributed by atoms with Gasteiger partial charge in [-0.2, -0.15) is 0 Å². The van der Waals surface area contributed by atoms with Crippen LogP contribution in [-0.2, 0) is 4.79 Å². The van der Waals surface area contributed by atoms with Crippen LogP contribution < -0.4 is 0 Å². The first-order chi connectivity index (χ1) is 5.70. The predicted molar refractivity (Wildman–Crippen MR) is 47.2 cm³/mol. The molecule has 1 aliphatic carbocycles. The molecule has 0 aromatic carbocycles. The highest BCUT2D eigenvalue weighted by atomic mass is 16.2. The van der Waals surface area contributed by atoms with Crippen molar-refractivity contribution in [3.05, 3.63) is 11.8 Å². The van der Waals surface area contributed by atoms with Gasteiger partial charge in [0.15, 0.2) is 0 Å². The molecule has 2 rings (SSSR count). The number of fused-ring (bicyclic) bond motifs is 1. The summed E-state index contributed by atoms with van der Waals surface area (Å²) in [5, 5.41) is 0. The molecule has 1 saturated carbocycles. The van der Waals surface area contributed by atoms with Gasteiger partial charge in [-0.1, -0.05) is 12.5 Å². The third-order valence-electron chi connectivity index (χ3n) is 2.96. The number of carbonyl (C=O) groups excluding carboxylic acids is 1. The molecule has 0 N–H and O–H groups in total. The minimum Gasteiger partial charge on any atom is -0.373 e. The van der Waals surface area contributed by atoms with Crippen LogP contribution in [0.5, 0.6) is 0 Å². The van der Waals surface area contributed by atoms with Crippen molar-refractivity contribution in [2.75, 3.05) is 0 Å². The summed E-state index contributed by atoms with van der Waals surface area (Å²) in [6, 6.07) is 0. The third-order valence-corrected chi connectivity index (χ3v) is 2.96. The van der Waals surface area contributed by atoms with Crippen molar-refractivity contribution in [1.82, 2.24) is 4.81 Å². The monoisotopic (exact) mass is 161 g/mol. The molecule has 3 heteroatoms. The summed E-state index contributed by atoms with van der Waals surface area (Å²) in [6.45, 7) is 1.90. The number of carbonyl (C=O) groups is 1. The first kappa shape index (κ1) is 7.90. The van der Waals surface area contributed by atoms with E-state index >= 15 is 0 Å². The quantitative estimate of drug-likeness (QED) is 0.489. The Morgan fingerprint density at radius 1 is 1.58 bits per heavy atom. The van der Waals surface area contributed by atoms with Crippen LogP contribution in [0.4, 0.5) is 0 Å². The number of hydrogen-bond acceptors (Lipinski definition) is 1. The van der Waals surface area contributed by atoms with Crippen LogP contribution in [0.25, 0.3) is 0 Å². The predicted octanol–water partition coefficient (Wildman–Crippen LogP) is 1.23. The van der Waals surface area contributed by atoms with E-state index in [1.807, 2.05) is 6.92 Å². The van der Waals surface area contributed by atoms with Gasteiger partial charge in [0, 0.05) is 5.92 Å². The summed E-state index contributed by atoms with van der Waals surface area (Å²) in [7, 11) is 5.59. The van der Waals surface area contributed by atoms with Crippen LogP contribution in [0.1, 0.15) is 26.2 Å². The molecule has 0 bridgehead atoms. The van der Waals surface area contributed by atoms with E-state index in [-0.39, 0.29) is 11.8 Å². The average Bonchev–Trinajstić information content (AvgIpc) is 2.48. The van der Waals surface area contributed by atoms with E-state index in [0.29, 0.717) is 5.92 Å². The molecule has 62 valence electrons. The molecular weight excluding hydrogens is 149 g/mol. The summed E-state index contributed by atoms with van der Waals surface area (Å²) in [5.41, 5.74) is 0.906. The standard InChI is InChI=1S/C9H12BNO/c1-6-5-7-3-2-4-8(7)9(12)11(6)10/h5,7-8H,2-4H2,1H3. The van der Waals surface area contributed by atoms with Crippen molar-refractivity contribution in [3.8, 4) is 0 Å². The van der Waals surface area contributed by atoms with Gasteiger partial charge in [0.2, 0.25) is 13.9 Å². The van der Waals surface area contributed by atoms with Crippen LogP contribution in [0, 0.1) is 11.8 Å². The molecule has 12 heavy (non-hydrogen) atoms. The molecular formula is C9H12BNO. The van der Waals surface area contributed by atoms with Crippen LogP contribution in [0.2, 0.25) is 0 Å². The van der Waals surface area contributed by atoms with Gasteiger partial charge >= 0.3 is 0 Å². The van der Waals surface area contributed by atoms with Crippen LogP contribution in [0.3, 0.4) is 0 Å². The molecule has 1 heterocycles. The van der Waals surface area contributed by atoms with Gasteiger partial charge < -0.3 is 4.81 Å². The fourth-order valence-corrected chi connectivity index (χ4v) is 2.24. The molecule has 1 amide bonds. The highest BCUT2D eigenvalue weighted by molar-refractivity contribution is 6.16. The smallest absolute Gasteiger partial charge is 0.238 e. The topological polar surface area (TPSA) is 20.3 Å². The molecule has 0 aromatic rings. The van der Waals surface area contributed by atoms with Gasteiger partial charge in [0.25, 0.3) is 0 Å². The largest absolute Gasteiger partial charge is 0.373 e. The van der Waals surface area contributed by atoms with E-state index in [4.69, 9.17) is 7.98 Å². The fourth-order valence-electron chi connectivity index (χ4n) is 2.24. The average molecular weight is 161 g/mol. The molecule has 1 fully saturated rings. The Labute approximate surface area is 74.1 Å². The van der Waals surface area contributed by atoms with Crippen molar-refractivity contribution in [1.29, 1.82) is 0 Å². The van der Waals surface area contributed by atoms with Crippen LogP contribution in [0.15, 0.2) is 11.8 Å². The first-order valence-electron chi connectivity index (χ1n) is 4.47. The zero-order valence-corrected chi connectivity index (χ0v) is 7.29. The Morgan fingerprint density at radius 3 is 3.08 bits per heavy atom. The lowest BCUT2D eigenvalue weighted by Crippen LogP contribution is -2.38. The highest BCUT2D eigenvalue weighted by Crippen LogP contribution is 2.37. The highest BCUT2D eigenvalue weighted by Gasteiger charge is 2.36. The second-order valence-electron chi connectivity index (χ2n) is 3.72. The number of rotatable bonds is 0. The minimum atomic E-state index is 0.109. The molecule has 1 aliphatic heterocycles. The molecule has 2 radical (unpaired) electrons. The number of hydrogen-bond donors (Lipinski definition) is 0. The van der Waals surface area contributed by atoms with Crippen LogP contribution in [-0.4, -0.2) is 18.7 Å². The SMILES string of the molecule is [B]N1C(=O)C2CCCC2C=C1C. The van der Waals surface area contributed by atoms with Gasteiger partial charge in [-0.3, -0.25) is 4.79 Å². The summed E-state index contributed by atoms with van der Waals surface area (Å²) in [6.07, 6.45) is 5.47. The lowest BCUT2D eigenvalue weighted by Gasteiger charge is -2.30. The molecule has 2 nitrogen and oxygen atoms in total. The van der Waals surface area contributed by atoms with E-state index in [1.54, 1.807) is 0 Å². The Bertz CT molecular complexity index is 249. The van der Waals surface area contributed by atoms with E-state index in [1.165, 1.54) is 11.2 Å². The van der Waals surface area contributed by atoms with Crippen molar-refractivity contribution in [2.24, 2.45) is 11.8 Å². The number of nitrogens with zero attached hydrogens (tertiary/aromatic N) is 1. The zero-order chi connectivity index (χ0) is 8.72. The second-order valence-corrected chi connectivity index (χ2v) is 3.72. The van der Waals surface area contributed by atoms with Crippen molar-refractivity contribution in [2.45, 2.75) is 26.2 Å². The third kappa shape index (κ3) is 0.994. The molecule has 0 spiro atoms. The molecule has 2 aliphatic rings. The van der Waals surface area contributed by atoms with Crippen molar-refractivity contribution < 1.29 is 4.79 Å². The summed E-state index contributed by atoms with van der Waals surface area (Å²) < 4.78 is 0. The normalized spacial score (nSPS) is 34.9. The first-order valence-corrected chi connectivity index (χ1v) is 4.47. The summed E-state index contributed by atoms with van der Waals surface area (Å²) >= 11 is 0. The van der Waals surface area contributed by atoms with Crippen LogP contribution >= 0.6 is 0 Å². The van der Waals surface area contributed by atoms with Gasteiger partial charge in [-0.25, -0.2) is 0 Å². The molecule has 2 unspecified atom stereocenters. The maximum absolute atomic E-state index is 11.6. The summed E-state index contributed by atoms with van der Waals surface area (Å²) in [4.78, 5) is 12.9. The minimum absolute atomic E-state index is 0.109. The lowest BCUT2D eigenvalue weighted by atomic mass is 9.88. The molecule has 2 atom stereocenters. The molecule has 0 saturated heterocycles. The van der Waals surface area contributed by atoms with Gasteiger partial charge in [0.05, 0.1) is 0 Å². The van der Waals surface area contributed by atoms with E-state index < -0.39 is 0 Å². The van der Waals surface area contributed by atoms with E-state index in [0.717, 1.165) is 18.5 Å². The molecule has 0 aromatic heterocycles. The zero-order valence-electron chi connectivity index (χ0n) is 7.29. The Kier molecular flexibility index (Phi) is 1.74. The Morgan fingerprint density at radius 2 is 2.33 bits per heavy atom. The Hall–Kier alpha value is -0.725. The van der Waals surface area contributed by atoms with Gasteiger partial charge in [-0.05, 0) is 31.4 Å². The maximum Gasteiger partial charge on any atom is 0.238 e. The van der Waals surface area contributed by atoms with Crippen molar-refractivity contribution >= 4 is 13.9 Å². The number of amides is 1. The Balaban J connectivity index is 2.30.